The minimum atomic E-state index is -0.598. The first-order valence-electron chi connectivity index (χ1n) is 12.2. The number of aryl methyl sites for hydroxylation is 2. The number of hydrogen-bond donors (Lipinski definition) is 1. The first-order chi connectivity index (χ1) is 18.8. The number of fused-ring (bicyclic) bond motifs is 2. The lowest BCUT2D eigenvalue weighted by Crippen LogP contribution is -2.19. The summed E-state index contributed by atoms with van der Waals surface area (Å²) in [6.07, 6.45) is 0. The second-order valence-electron chi connectivity index (χ2n) is 9.33. The van der Waals surface area contributed by atoms with Crippen LogP contribution in [0.4, 0.5) is 4.39 Å². The molecule has 7 nitrogen and oxygen atoms in total. The van der Waals surface area contributed by atoms with Crippen LogP contribution in [0.1, 0.15) is 10.4 Å². The third kappa shape index (κ3) is 4.00. The molecule has 1 amide bonds. The number of nitrogens with zero attached hydrogens (tertiary/aromatic N) is 4. The molecule has 39 heavy (non-hydrogen) atoms. The molecular weight excluding hydrogens is 517 g/mol. The molecule has 0 radical (unpaired) electrons. The van der Waals surface area contributed by atoms with Gasteiger partial charge in [0, 0.05) is 37.4 Å². The quantitative estimate of drug-likeness (QED) is 0.312. The maximum Gasteiger partial charge on any atom is 0.328 e. The molecule has 6 aromatic rings. The molecule has 2 aromatic heterocycles. The fourth-order valence-corrected chi connectivity index (χ4v) is 5.18. The van der Waals surface area contributed by atoms with Crippen LogP contribution in [0.5, 0.6) is 0 Å². The van der Waals surface area contributed by atoms with Crippen molar-refractivity contribution < 1.29 is 9.18 Å². The highest BCUT2D eigenvalue weighted by Gasteiger charge is 2.18. The number of amides is 1. The van der Waals surface area contributed by atoms with Crippen molar-refractivity contribution in [2.24, 2.45) is 14.1 Å². The van der Waals surface area contributed by atoms with Gasteiger partial charge in [-0.1, -0.05) is 35.9 Å². The molecule has 9 heteroatoms. The highest BCUT2D eigenvalue weighted by atomic mass is 35.5. The summed E-state index contributed by atoms with van der Waals surface area (Å²) in [5.74, 6) is -0.405. The summed E-state index contributed by atoms with van der Waals surface area (Å²) < 4.78 is 20.0. The highest BCUT2D eigenvalue weighted by molar-refractivity contribution is 6.30. The predicted octanol–water partition coefficient (Wildman–Crippen LogP) is 5.70. The topological polar surface area (TPSA) is 73.8 Å². The monoisotopic (exact) mass is 539 g/mol. The molecule has 6 rings (SSSR count). The van der Waals surface area contributed by atoms with Gasteiger partial charge in [0.25, 0.3) is 5.91 Å². The maximum absolute atomic E-state index is 14.7. The molecule has 0 spiro atoms. The van der Waals surface area contributed by atoms with Gasteiger partial charge < -0.3 is 5.32 Å². The van der Waals surface area contributed by atoms with E-state index in [0.29, 0.717) is 21.9 Å². The molecule has 1 N–H and O–H groups in total. The zero-order valence-electron chi connectivity index (χ0n) is 21.4. The standard InChI is InChI=1S/C30H23ClFN5O2/c1-33-29(38)22-10-7-17(14-23(22)32)18-8-11-25-24(15-18)34-28(19-5-4-6-20(31)13-19)37(25)21-9-12-26-27(16-21)36(3)30(39)35(26)2/h4-16H,1-3H3,(H,33,38). The van der Waals surface area contributed by atoms with Gasteiger partial charge in [0.15, 0.2) is 0 Å². The highest BCUT2D eigenvalue weighted by Crippen LogP contribution is 2.33. The van der Waals surface area contributed by atoms with E-state index in [9.17, 15) is 14.0 Å². The normalized spacial score (nSPS) is 11.4. The van der Waals surface area contributed by atoms with Crippen molar-refractivity contribution in [2.75, 3.05) is 7.05 Å². The second-order valence-corrected chi connectivity index (χ2v) is 9.77. The summed E-state index contributed by atoms with van der Waals surface area (Å²) in [4.78, 5) is 29.4. The van der Waals surface area contributed by atoms with Gasteiger partial charge in [0.2, 0.25) is 0 Å². The van der Waals surface area contributed by atoms with Gasteiger partial charge in [-0.15, -0.1) is 0 Å². The van der Waals surface area contributed by atoms with E-state index in [1.807, 2.05) is 59.2 Å². The number of hydrogen-bond acceptors (Lipinski definition) is 3. The molecule has 0 aliphatic heterocycles. The van der Waals surface area contributed by atoms with Crippen LogP contribution in [0.15, 0.2) is 83.7 Å². The average molecular weight is 540 g/mol. The largest absolute Gasteiger partial charge is 0.355 e. The molecule has 194 valence electrons. The Kier molecular flexibility index (Phi) is 5.84. The second kappa shape index (κ2) is 9.25. The fraction of sp³-hybridized carbons (Fsp3) is 0.100. The van der Waals surface area contributed by atoms with Crippen molar-refractivity contribution >= 4 is 39.6 Å². The Morgan fingerprint density at radius 2 is 1.56 bits per heavy atom. The van der Waals surface area contributed by atoms with Crippen LogP contribution in [0.25, 0.3) is 50.3 Å². The predicted molar refractivity (Wildman–Crippen MR) is 152 cm³/mol. The summed E-state index contributed by atoms with van der Waals surface area (Å²) in [5, 5.41) is 3.03. The van der Waals surface area contributed by atoms with E-state index >= 15 is 0 Å². The Labute approximate surface area is 227 Å². The molecule has 0 aliphatic rings. The Bertz CT molecular complexity index is 2000. The van der Waals surface area contributed by atoms with E-state index in [1.165, 1.54) is 19.2 Å². The van der Waals surface area contributed by atoms with Crippen LogP contribution >= 0.6 is 11.6 Å². The summed E-state index contributed by atoms with van der Waals surface area (Å²) in [7, 11) is 4.96. The Morgan fingerprint density at radius 3 is 2.31 bits per heavy atom. The third-order valence-electron chi connectivity index (χ3n) is 7.03. The molecule has 0 unspecified atom stereocenters. The van der Waals surface area contributed by atoms with Gasteiger partial charge in [0.1, 0.15) is 11.6 Å². The van der Waals surface area contributed by atoms with Crippen LogP contribution in [0, 0.1) is 5.82 Å². The minimum absolute atomic E-state index is 0.0134. The van der Waals surface area contributed by atoms with E-state index in [2.05, 4.69) is 5.32 Å². The first kappa shape index (κ1) is 24.6. The molecule has 2 heterocycles. The summed E-state index contributed by atoms with van der Waals surface area (Å²) in [6, 6.07) is 23.6. The molecule has 0 fully saturated rings. The smallest absolute Gasteiger partial charge is 0.328 e. The van der Waals surface area contributed by atoms with Crippen molar-refractivity contribution in [1.82, 2.24) is 24.0 Å². The van der Waals surface area contributed by atoms with Crippen LogP contribution in [0.3, 0.4) is 0 Å². The van der Waals surface area contributed by atoms with Crippen LogP contribution in [-0.4, -0.2) is 31.6 Å². The lowest BCUT2D eigenvalue weighted by Gasteiger charge is -2.11. The Balaban J connectivity index is 1.57. The lowest BCUT2D eigenvalue weighted by molar-refractivity contribution is 0.0959. The van der Waals surface area contributed by atoms with E-state index in [4.69, 9.17) is 16.6 Å². The van der Waals surface area contributed by atoms with Crippen molar-refractivity contribution in [2.45, 2.75) is 0 Å². The van der Waals surface area contributed by atoms with Crippen molar-refractivity contribution in [3.8, 4) is 28.2 Å². The minimum Gasteiger partial charge on any atom is -0.355 e. The average Bonchev–Trinajstić information content (AvgIpc) is 3.43. The maximum atomic E-state index is 14.7. The van der Waals surface area contributed by atoms with Gasteiger partial charge in [-0.2, -0.15) is 0 Å². The molecular formula is C30H23ClFN5O2. The number of imidazole rings is 2. The number of benzene rings is 4. The molecule has 0 saturated carbocycles. The van der Waals surface area contributed by atoms with Crippen LogP contribution in [0.2, 0.25) is 5.02 Å². The van der Waals surface area contributed by atoms with Gasteiger partial charge in [-0.25, -0.2) is 14.2 Å². The molecule has 0 saturated heterocycles. The summed E-state index contributed by atoms with van der Waals surface area (Å²) in [6.45, 7) is 0. The van der Waals surface area contributed by atoms with Crippen LogP contribution in [-0.2, 0) is 14.1 Å². The first-order valence-corrected chi connectivity index (χ1v) is 12.6. The van der Waals surface area contributed by atoms with E-state index in [1.54, 1.807) is 35.4 Å². The van der Waals surface area contributed by atoms with Crippen molar-refractivity contribution in [3.05, 3.63) is 106 Å². The van der Waals surface area contributed by atoms with E-state index in [0.717, 1.165) is 33.4 Å². The lowest BCUT2D eigenvalue weighted by atomic mass is 10.0. The molecule has 4 aromatic carbocycles. The number of rotatable bonds is 4. The Morgan fingerprint density at radius 1 is 0.846 bits per heavy atom. The van der Waals surface area contributed by atoms with Gasteiger partial charge in [-0.05, 0) is 65.7 Å². The van der Waals surface area contributed by atoms with E-state index < -0.39 is 11.7 Å². The SMILES string of the molecule is CNC(=O)c1ccc(-c2ccc3c(c2)nc(-c2cccc(Cl)c2)n3-c2ccc3c(c2)n(C)c(=O)n3C)cc1F. The number of carbonyl (C=O) groups is 1. The Hall–Kier alpha value is -4.69. The molecule has 0 aliphatic carbocycles. The van der Waals surface area contributed by atoms with Crippen molar-refractivity contribution in [3.63, 3.8) is 0 Å². The molecule has 0 atom stereocenters. The van der Waals surface area contributed by atoms with Gasteiger partial charge in [0.05, 0.1) is 27.6 Å². The number of aromatic nitrogens is 4. The number of carbonyl (C=O) groups excluding carboxylic acids is 1. The number of halogens is 2. The van der Waals surface area contributed by atoms with Gasteiger partial charge >= 0.3 is 5.69 Å². The molecule has 0 bridgehead atoms. The van der Waals surface area contributed by atoms with E-state index in [-0.39, 0.29) is 11.3 Å². The number of nitrogens with one attached hydrogen (secondary N) is 1. The summed E-state index contributed by atoms with van der Waals surface area (Å²) >= 11 is 6.33. The van der Waals surface area contributed by atoms with Gasteiger partial charge in [-0.3, -0.25) is 18.5 Å². The zero-order chi connectivity index (χ0) is 27.4. The van der Waals surface area contributed by atoms with Crippen LogP contribution < -0.4 is 11.0 Å². The third-order valence-corrected chi connectivity index (χ3v) is 7.26. The fourth-order valence-electron chi connectivity index (χ4n) is 4.99. The summed E-state index contributed by atoms with van der Waals surface area (Å²) in [5.41, 5.74) is 6.06. The zero-order valence-corrected chi connectivity index (χ0v) is 22.1. The van der Waals surface area contributed by atoms with Crippen molar-refractivity contribution in [1.29, 1.82) is 0 Å².